The second-order valence-electron chi connectivity index (χ2n) is 2.06. The maximum Gasteiger partial charge on any atom is 0.113 e. The fraction of sp³-hybridized carbons (Fsp3) is 0.125. The van der Waals surface area contributed by atoms with E-state index in [0.717, 1.165) is 5.56 Å². The van der Waals surface area contributed by atoms with Crippen LogP contribution < -0.4 is 0 Å². The first-order chi connectivity index (χ1) is 5.22. The minimum absolute atomic E-state index is 0.612. The van der Waals surface area contributed by atoms with Crippen LogP contribution in [0.5, 0.6) is 0 Å². The lowest BCUT2D eigenvalue weighted by atomic mass is 10.2. The van der Waals surface area contributed by atoms with Crippen LogP contribution in [0.15, 0.2) is 18.2 Å². The van der Waals surface area contributed by atoms with E-state index in [-0.39, 0.29) is 0 Å². The van der Waals surface area contributed by atoms with Crippen molar-refractivity contribution in [2.75, 3.05) is 7.11 Å². The van der Waals surface area contributed by atoms with Crippen LogP contribution in [0.25, 0.3) is 0 Å². The molecule has 0 amide bonds. The summed E-state index contributed by atoms with van der Waals surface area (Å²) in [5, 5.41) is 1.22. The number of ether oxygens (including phenoxy) is 1. The van der Waals surface area contributed by atoms with E-state index in [4.69, 9.17) is 27.9 Å². The number of hydrogen-bond acceptors (Lipinski definition) is 1. The van der Waals surface area contributed by atoms with Crippen molar-refractivity contribution >= 4 is 23.2 Å². The first kappa shape index (κ1) is 8.85. The summed E-state index contributed by atoms with van der Waals surface area (Å²) >= 11 is 11.5. The summed E-state index contributed by atoms with van der Waals surface area (Å²) in [6.45, 7) is 1.58. The molecule has 0 saturated heterocycles. The van der Waals surface area contributed by atoms with E-state index in [9.17, 15) is 0 Å². The summed E-state index contributed by atoms with van der Waals surface area (Å²) in [5.41, 5.74) is 0.866. The van der Waals surface area contributed by atoms with E-state index in [2.05, 4.69) is 0 Å². The molecular formula is C8H7Cl2O. The van der Waals surface area contributed by atoms with E-state index in [1.807, 2.05) is 0 Å². The highest BCUT2D eigenvalue weighted by Crippen LogP contribution is 2.19. The van der Waals surface area contributed by atoms with E-state index < -0.39 is 0 Å². The second-order valence-corrected chi connectivity index (χ2v) is 2.93. The molecule has 1 aromatic carbocycles. The zero-order valence-corrected chi connectivity index (χ0v) is 7.49. The normalized spacial score (nSPS) is 10.1. The largest absolute Gasteiger partial charge is 0.374 e. The third-order valence-electron chi connectivity index (χ3n) is 1.14. The Bertz CT molecular complexity index is 228. The molecule has 1 aromatic rings. The summed E-state index contributed by atoms with van der Waals surface area (Å²) < 4.78 is 4.80. The van der Waals surface area contributed by atoms with Crippen molar-refractivity contribution in [2.45, 2.75) is 0 Å². The summed E-state index contributed by atoms with van der Waals surface area (Å²) in [6, 6.07) is 5.23. The van der Waals surface area contributed by atoms with Crippen LogP contribution >= 0.6 is 23.2 Å². The van der Waals surface area contributed by atoms with Gasteiger partial charge in [0.25, 0.3) is 0 Å². The molecule has 1 nitrogen and oxygen atoms in total. The second kappa shape index (κ2) is 3.96. The molecule has 0 bridgehead atoms. The van der Waals surface area contributed by atoms with Gasteiger partial charge in [0, 0.05) is 17.2 Å². The summed E-state index contributed by atoms with van der Waals surface area (Å²) in [5.74, 6) is 0. The quantitative estimate of drug-likeness (QED) is 0.695. The van der Waals surface area contributed by atoms with Gasteiger partial charge in [-0.3, -0.25) is 0 Å². The summed E-state index contributed by atoms with van der Waals surface area (Å²) in [7, 11) is 1.58. The molecule has 0 saturated carbocycles. The molecule has 0 fully saturated rings. The van der Waals surface area contributed by atoms with Crippen LogP contribution in [-0.2, 0) is 4.74 Å². The Morgan fingerprint density at radius 1 is 1.18 bits per heavy atom. The monoisotopic (exact) mass is 189 g/mol. The van der Waals surface area contributed by atoms with Crippen LogP contribution in [0.2, 0.25) is 10.0 Å². The third kappa shape index (κ3) is 2.70. The van der Waals surface area contributed by atoms with Crippen LogP contribution in [0.4, 0.5) is 0 Å². The van der Waals surface area contributed by atoms with Gasteiger partial charge in [-0.25, -0.2) is 0 Å². The van der Waals surface area contributed by atoms with E-state index in [0.29, 0.717) is 10.0 Å². The molecule has 11 heavy (non-hydrogen) atoms. The summed E-state index contributed by atoms with van der Waals surface area (Å²) in [6.07, 6.45) is 0. The number of halogens is 2. The van der Waals surface area contributed by atoms with Crippen LogP contribution in [0, 0.1) is 6.61 Å². The van der Waals surface area contributed by atoms with Gasteiger partial charge in [0.05, 0.1) is 0 Å². The molecule has 0 heterocycles. The number of methoxy groups -OCH3 is 1. The van der Waals surface area contributed by atoms with Gasteiger partial charge in [-0.15, -0.1) is 0 Å². The van der Waals surface area contributed by atoms with Crippen molar-refractivity contribution in [3.63, 3.8) is 0 Å². The highest BCUT2D eigenvalue weighted by molar-refractivity contribution is 6.34. The molecule has 1 rings (SSSR count). The van der Waals surface area contributed by atoms with E-state index in [1.54, 1.807) is 31.9 Å². The average Bonchev–Trinajstić information content (AvgIpc) is 1.85. The molecule has 1 radical (unpaired) electrons. The standard InChI is InChI=1S/C8H7Cl2O/c1-11-5-6-2-7(9)4-8(10)3-6/h2-5H,1H3. The topological polar surface area (TPSA) is 9.23 Å². The molecular weight excluding hydrogens is 183 g/mol. The first-order valence-corrected chi connectivity index (χ1v) is 3.80. The Morgan fingerprint density at radius 2 is 1.73 bits per heavy atom. The van der Waals surface area contributed by atoms with Crippen LogP contribution in [-0.4, -0.2) is 7.11 Å². The molecule has 0 aliphatic rings. The molecule has 0 atom stereocenters. The lowest BCUT2D eigenvalue weighted by Crippen LogP contribution is -1.83. The third-order valence-corrected chi connectivity index (χ3v) is 1.58. The molecule has 0 aromatic heterocycles. The molecule has 0 aliphatic carbocycles. The number of benzene rings is 1. The molecule has 0 unspecified atom stereocenters. The van der Waals surface area contributed by atoms with Gasteiger partial charge >= 0.3 is 0 Å². The molecule has 3 heteroatoms. The van der Waals surface area contributed by atoms with Gasteiger partial charge in [-0.05, 0) is 23.8 Å². The maximum absolute atomic E-state index is 5.73. The average molecular weight is 190 g/mol. The Labute approximate surface area is 75.9 Å². The SMILES string of the molecule is CO[CH]c1cc(Cl)cc(Cl)c1. The Balaban J connectivity index is 2.89. The highest BCUT2D eigenvalue weighted by Gasteiger charge is 1.96. The minimum Gasteiger partial charge on any atom is -0.374 e. The van der Waals surface area contributed by atoms with Gasteiger partial charge in [0.1, 0.15) is 6.61 Å². The van der Waals surface area contributed by atoms with Crippen molar-refractivity contribution in [3.05, 3.63) is 40.4 Å². The van der Waals surface area contributed by atoms with Gasteiger partial charge in [0.2, 0.25) is 0 Å². The number of hydrogen-bond donors (Lipinski definition) is 0. The predicted molar refractivity (Wildman–Crippen MR) is 46.9 cm³/mol. The molecule has 0 N–H and O–H groups in total. The molecule has 0 aliphatic heterocycles. The van der Waals surface area contributed by atoms with Gasteiger partial charge in [0.15, 0.2) is 0 Å². The fourth-order valence-corrected chi connectivity index (χ4v) is 1.32. The Hall–Kier alpha value is -0.240. The van der Waals surface area contributed by atoms with Crippen LogP contribution in [0.3, 0.4) is 0 Å². The number of rotatable bonds is 2. The predicted octanol–water partition coefficient (Wildman–Crippen LogP) is 3.15. The van der Waals surface area contributed by atoms with Crippen molar-refractivity contribution in [1.29, 1.82) is 0 Å². The fourth-order valence-electron chi connectivity index (χ4n) is 0.779. The summed E-state index contributed by atoms with van der Waals surface area (Å²) in [4.78, 5) is 0. The van der Waals surface area contributed by atoms with Gasteiger partial charge in [-0.2, -0.15) is 0 Å². The smallest absolute Gasteiger partial charge is 0.113 e. The molecule has 59 valence electrons. The lowest BCUT2D eigenvalue weighted by molar-refractivity contribution is 0.292. The van der Waals surface area contributed by atoms with E-state index in [1.165, 1.54) is 0 Å². The Kier molecular flexibility index (Phi) is 3.18. The zero-order chi connectivity index (χ0) is 8.27. The lowest BCUT2D eigenvalue weighted by Gasteiger charge is -1.99. The Morgan fingerprint density at radius 3 is 2.18 bits per heavy atom. The van der Waals surface area contributed by atoms with Gasteiger partial charge in [-0.1, -0.05) is 23.2 Å². The highest BCUT2D eigenvalue weighted by atomic mass is 35.5. The van der Waals surface area contributed by atoms with Crippen molar-refractivity contribution in [3.8, 4) is 0 Å². The molecule has 0 spiro atoms. The van der Waals surface area contributed by atoms with Crippen molar-refractivity contribution < 1.29 is 4.74 Å². The van der Waals surface area contributed by atoms with Crippen LogP contribution in [0.1, 0.15) is 5.56 Å². The maximum atomic E-state index is 5.73. The first-order valence-electron chi connectivity index (χ1n) is 3.04. The van der Waals surface area contributed by atoms with E-state index >= 15 is 0 Å². The minimum atomic E-state index is 0.612. The zero-order valence-electron chi connectivity index (χ0n) is 5.97. The van der Waals surface area contributed by atoms with Gasteiger partial charge < -0.3 is 4.74 Å². The van der Waals surface area contributed by atoms with Crippen molar-refractivity contribution in [1.82, 2.24) is 0 Å². The van der Waals surface area contributed by atoms with Crippen molar-refractivity contribution in [2.24, 2.45) is 0 Å².